The minimum atomic E-state index is -1.17. The van der Waals surface area contributed by atoms with E-state index in [-0.39, 0.29) is 23.0 Å². The van der Waals surface area contributed by atoms with Gasteiger partial charge in [0.05, 0.1) is 18.8 Å². The van der Waals surface area contributed by atoms with E-state index in [1.165, 1.54) is 18.6 Å². The molecule has 1 aliphatic heterocycles. The summed E-state index contributed by atoms with van der Waals surface area (Å²) >= 11 is 0. The van der Waals surface area contributed by atoms with Gasteiger partial charge in [0.25, 0.3) is 5.91 Å². The predicted octanol–water partition coefficient (Wildman–Crippen LogP) is 2.15. The van der Waals surface area contributed by atoms with E-state index in [2.05, 4.69) is 0 Å². The Balaban J connectivity index is 1.73. The Morgan fingerprint density at radius 1 is 1.14 bits per heavy atom. The van der Waals surface area contributed by atoms with Crippen LogP contribution in [0, 0.1) is 0 Å². The molecule has 0 unspecified atom stereocenters. The molecule has 2 fully saturated rings. The highest BCUT2D eigenvalue weighted by Gasteiger charge is 2.39. The summed E-state index contributed by atoms with van der Waals surface area (Å²) in [5, 5.41) is 8.85. The van der Waals surface area contributed by atoms with Crippen LogP contribution in [0.4, 0.5) is 0 Å². The summed E-state index contributed by atoms with van der Waals surface area (Å²) in [5.74, 6) is -1.55. The molecule has 3 rings (SSSR count). The molecule has 1 saturated carbocycles. The standard InChI is InChI=1S/C15H19NO5/c17-13(11-4-5-12(21-11)14(18)19)16-8-9-20-15(10-16)6-2-1-3-7-15/h4-5H,1-3,6-10H2,(H,18,19). The Bertz CT molecular complexity index is 539. The molecule has 1 aromatic heterocycles. The molecule has 6 heteroatoms. The van der Waals surface area contributed by atoms with Crippen LogP contribution in [0.15, 0.2) is 16.5 Å². The summed E-state index contributed by atoms with van der Waals surface area (Å²) in [4.78, 5) is 25.0. The van der Waals surface area contributed by atoms with Gasteiger partial charge >= 0.3 is 5.97 Å². The van der Waals surface area contributed by atoms with E-state index in [4.69, 9.17) is 14.3 Å². The molecule has 1 saturated heterocycles. The number of hydrogen-bond donors (Lipinski definition) is 1. The van der Waals surface area contributed by atoms with E-state index in [1.54, 1.807) is 4.90 Å². The second kappa shape index (κ2) is 5.52. The average molecular weight is 293 g/mol. The molecule has 1 aromatic rings. The number of morpholine rings is 1. The third-order valence-corrected chi connectivity index (χ3v) is 4.33. The maximum atomic E-state index is 12.4. The number of carbonyl (C=O) groups is 2. The smallest absolute Gasteiger partial charge is 0.371 e. The minimum absolute atomic E-state index is 0.0836. The molecule has 1 aliphatic carbocycles. The van der Waals surface area contributed by atoms with Crippen molar-refractivity contribution in [2.45, 2.75) is 37.7 Å². The van der Waals surface area contributed by atoms with Gasteiger partial charge in [-0.3, -0.25) is 4.79 Å². The van der Waals surface area contributed by atoms with Crippen molar-refractivity contribution >= 4 is 11.9 Å². The SMILES string of the molecule is O=C(O)c1ccc(C(=O)N2CCOC3(CCCCC3)C2)o1. The zero-order valence-corrected chi connectivity index (χ0v) is 11.8. The number of rotatable bonds is 2. The number of furan rings is 1. The second-order valence-corrected chi connectivity index (χ2v) is 5.79. The van der Waals surface area contributed by atoms with Crippen LogP contribution in [0.1, 0.15) is 53.2 Å². The van der Waals surface area contributed by atoms with Crippen molar-refractivity contribution < 1.29 is 23.8 Å². The highest BCUT2D eigenvalue weighted by Crippen LogP contribution is 2.34. The third-order valence-electron chi connectivity index (χ3n) is 4.33. The fourth-order valence-electron chi connectivity index (χ4n) is 3.24. The molecule has 2 heterocycles. The summed E-state index contributed by atoms with van der Waals surface area (Å²) in [6, 6.07) is 2.74. The Hall–Kier alpha value is -1.82. The Morgan fingerprint density at radius 2 is 1.86 bits per heavy atom. The van der Waals surface area contributed by atoms with E-state index in [1.807, 2.05) is 0 Å². The van der Waals surface area contributed by atoms with Crippen LogP contribution >= 0.6 is 0 Å². The molecule has 6 nitrogen and oxygen atoms in total. The maximum Gasteiger partial charge on any atom is 0.371 e. The second-order valence-electron chi connectivity index (χ2n) is 5.79. The van der Waals surface area contributed by atoms with Crippen molar-refractivity contribution in [1.82, 2.24) is 4.90 Å². The summed E-state index contributed by atoms with van der Waals surface area (Å²) in [6.45, 7) is 1.61. The molecule has 1 N–H and O–H groups in total. The zero-order valence-electron chi connectivity index (χ0n) is 11.8. The number of amides is 1. The first-order chi connectivity index (χ1) is 10.1. The molecular formula is C15H19NO5. The Labute approximate surface area is 122 Å². The first-order valence-corrected chi connectivity index (χ1v) is 7.36. The van der Waals surface area contributed by atoms with Crippen LogP contribution in [-0.4, -0.2) is 47.2 Å². The molecule has 0 bridgehead atoms. The summed E-state index contributed by atoms with van der Waals surface area (Å²) in [5.41, 5.74) is -0.214. The van der Waals surface area contributed by atoms with Gasteiger partial charge in [-0.2, -0.15) is 0 Å². The molecule has 0 atom stereocenters. The zero-order chi connectivity index (χ0) is 14.9. The normalized spacial score (nSPS) is 21.4. The maximum absolute atomic E-state index is 12.4. The van der Waals surface area contributed by atoms with Gasteiger partial charge in [-0.25, -0.2) is 4.79 Å². The van der Waals surface area contributed by atoms with Crippen LogP contribution in [0.25, 0.3) is 0 Å². The fraction of sp³-hybridized carbons (Fsp3) is 0.600. The largest absolute Gasteiger partial charge is 0.475 e. The van der Waals surface area contributed by atoms with Crippen LogP contribution in [0.2, 0.25) is 0 Å². The monoisotopic (exact) mass is 293 g/mol. The van der Waals surface area contributed by atoms with Gasteiger partial charge < -0.3 is 19.2 Å². The number of carboxylic acids is 1. The highest BCUT2D eigenvalue weighted by molar-refractivity contribution is 5.93. The van der Waals surface area contributed by atoms with Gasteiger partial charge in [0.1, 0.15) is 0 Å². The number of carbonyl (C=O) groups excluding carboxylic acids is 1. The lowest BCUT2D eigenvalue weighted by Crippen LogP contribution is -2.54. The topological polar surface area (TPSA) is 80.0 Å². The van der Waals surface area contributed by atoms with E-state index in [0.29, 0.717) is 19.7 Å². The van der Waals surface area contributed by atoms with Crippen molar-refractivity contribution in [3.8, 4) is 0 Å². The van der Waals surface area contributed by atoms with Gasteiger partial charge in [-0.1, -0.05) is 19.3 Å². The van der Waals surface area contributed by atoms with Gasteiger partial charge in [0.2, 0.25) is 5.76 Å². The molecule has 0 aromatic carbocycles. The number of carboxylic acid groups (broad SMARTS) is 1. The quantitative estimate of drug-likeness (QED) is 0.903. The average Bonchev–Trinajstić information content (AvgIpc) is 2.97. The first-order valence-electron chi connectivity index (χ1n) is 7.36. The molecule has 0 radical (unpaired) electrons. The van der Waals surface area contributed by atoms with Crippen LogP contribution < -0.4 is 0 Å². The Morgan fingerprint density at radius 3 is 2.52 bits per heavy atom. The van der Waals surface area contributed by atoms with Gasteiger partial charge in [0, 0.05) is 6.54 Å². The van der Waals surface area contributed by atoms with Crippen molar-refractivity contribution in [2.75, 3.05) is 19.7 Å². The Kier molecular flexibility index (Phi) is 3.71. The molecule has 114 valence electrons. The number of nitrogens with zero attached hydrogens (tertiary/aromatic N) is 1. The van der Waals surface area contributed by atoms with Crippen molar-refractivity contribution in [2.24, 2.45) is 0 Å². The molecule has 1 amide bonds. The van der Waals surface area contributed by atoms with E-state index < -0.39 is 5.97 Å². The summed E-state index contributed by atoms with van der Waals surface area (Å²) in [7, 11) is 0. The molecule has 2 aliphatic rings. The summed E-state index contributed by atoms with van der Waals surface area (Å²) in [6.07, 6.45) is 5.45. The van der Waals surface area contributed by atoms with E-state index >= 15 is 0 Å². The minimum Gasteiger partial charge on any atom is -0.475 e. The summed E-state index contributed by atoms with van der Waals surface area (Å²) < 4.78 is 11.1. The lowest BCUT2D eigenvalue weighted by molar-refractivity contribution is -0.118. The lowest BCUT2D eigenvalue weighted by Gasteiger charge is -2.44. The van der Waals surface area contributed by atoms with Crippen LogP contribution in [0.3, 0.4) is 0 Å². The van der Waals surface area contributed by atoms with Crippen LogP contribution in [-0.2, 0) is 4.74 Å². The predicted molar refractivity (Wildman–Crippen MR) is 73.3 cm³/mol. The molecular weight excluding hydrogens is 274 g/mol. The van der Waals surface area contributed by atoms with E-state index in [9.17, 15) is 9.59 Å². The molecule has 1 spiro atoms. The number of hydrogen-bond acceptors (Lipinski definition) is 4. The van der Waals surface area contributed by atoms with Crippen molar-refractivity contribution in [1.29, 1.82) is 0 Å². The third kappa shape index (κ3) is 2.81. The lowest BCUT2D eigenvalue weighted by atomic mass is 9.83. The van der Waals surface area contributed by atoms with Crippen LogP contribution in [0.5, 0.6) is 0 Å². The van der Waals surface area contributed by atoms with E-state index in [0.717, 1.165) is 25.7 Å². The highest BCUT2D eigenvalue weighted by atomic mass is 16.5. The number of aromatic carboxylic acids is 1. The van der Waals surface area contributed by atoms with Crippen molar-refractivity contribution in [3.63, 3.8) is 0 Å². The van der Waals surface area contributed by atoms with Gasteiger partial charge in [0.15, 0.2) is 5.76 Å². The van der Waals surface area contributed by atoms with Gasteiger partial charge in [-0.05, 0) is 25.0 Å². The first kappa shape index (κ1) is 14.1. The van der Waals surface area contributed by atoms with Crippen molar-refractivity contribution in [3.05, 3.63) is 23.7 Å². The number of ether oxygens (including phenoxy) is 1. The fourth-order valence-corrected chi connectivity index (χ4v) is 3.24. The molecule has 21 heavy (non-hydrogen) atoms. The van der Waals surface area contributed by atoms with Gasteiger partial charge in [-0.15, -0.1) is 0 Å².